The van der Waals surface area contributed by atoms with Gasteiger partial charge in [-0.05, 0) is 25.7 Å². The second kappa shape index (κ2) is 17.8. The van der Waals surface area contributed by atoms with Gasteiger partial charge >= 0.3 is 0 Å². The third-order valence-corrected chi connectivity index (χ3v) is 8.46. The van der Waals surface area contributed by atoms with Crippen molar-refractivity contribution < 1.29 is 28.4 Å². The lowest BCUT2D eigenvalue weighted by Crippen LogP contribution is -2.40. The average Bonchev–Trinajstić information content (AvgIpc) is 3.07. The predicted molar refractivity (Wildman–Crippen MR) is 172 cm³/mol. The van der Waals surface area contributed by atoms with Crippen LogP contribution in [-0.2, 0) is 28.4 Å². The van der Waals surface area contributed by atoms with Crippen molar-refractivity contribution in [2.75, 3.05) is 141 Å². The number of fused-ring (bicyclic) bond motifs is 1. The number of rotatable bonds is 18. The van der Waals surface area contributed by atoms with Crippen molar-refractivity contribution in [3.8, 4) is 0 Å². The molecule has 2 aromatic rings. The molecule has 0 N–H and O–H groups in total. The maximum absolute atomic E-state index is 5.69. The fraction of sp³-hybridized carbons (Fsp3) is 0.800. The molecular weight excluding hydrogens is 568 g/mol. The number of aromatic nitrogens is 4. The van der Waals surface area contributed by atoms with Crippen molar-refractivity contribution in [3.05, 3.63) is 0 Å². The summed E-state index contributed by atoms with van der Waals surface area (Å²) < 4.78 is 33.2. The summed E-state index contributed by atoms with van der Waals surface area (Å²) in [6.45, 7) is 7.93. The van der Waals surface area contributed by atoms with E-state index in [9.17, 15) is 0 Å². The highest BCUT2D eigenvalue weighted by atomic mass is 16.5. The fourth-order valence-corrected chi connectivity index (χ4v) is 5.72. The van der Waals surface area contributed by atoms with Gasteiger partial charge in [-0.15, -0.1) is 0 Å². The Labute approximate surface area is 261 Å². The largest absolute Gasteiger partial charge is 0.383 e. The molecule has 0 saturated carbocycles. The summed E-state index contributed by atoms with van der Waals surface area (Å²) in [6, 6.07) is 0. The summed E-state index contributed by atoms with van der Waals surface area (Å²) in [6.07, 6.45) is 4.13. The quantitative estimate of drug-likeness (QED) is 0.241. The van der Waals surface area contributed by atoms with Gasteiger partial charge in [0.2, 0.25) is 11.9 Å². The molecule has 0 unspecified atom stereocenters. The van der Waals surface area contributed by atoms with E-state index >= 15 is 0 Å². The standard InChI is InChI=1S/C30H52N8O6/c1-39-19-15-37(16-20-40-2)29-31-25-26(27(33-29)35-11-7-23(43-5)8-12-35)32-30(38(17-21-41-3)18-22-42-4)34-28(25)36-13-9-24(44-6)10-14-36/h23-24H,7-22H2,1-6H3. The van der Waals surface area contributed by atoms with Gasteiger partial charge < -0.3 is 48.0 Å². The Morgan fingerprint density at radius 3 is 1.11 bits per heavy atom. The first-order valence-corrected chi connectivity index (χ1v) is 15.7. The minimum Gasteiger partial charge on any atom is -0.383 e. The summed E-state index contributed by atoms with van der Waals surface area (Å²) >= 11 is 0. The van der Waals surface area contributed by atoms with E-state index < -0.39 is 0 Å². The zero-order valence-corrected chi connectivity index (χ0v) is 27.5. The molecule has 0 amide bonds. The highest BCUT2D eigenvalue weighted by molar-refractivity contribution is 5.95. The molecule has 0 atom stereocenters. The molecule has 2 aromatic heterocycles. The molecule has 4 heterocycles. The molecular formula is C30H52N8O6. The van der Waals surface area contributed by atoms with Gasteiger partial charge in [0.15, 0.2) is 11.6 Å². The average molecular weight is 621 g/mol. The maximum atomic E-state index is 5.69. The molecule has 2 aliphatic rings. The van der Waals surface area contributed by atoms with Gasteiger partial charge in [-0.3, -0.25) is 0 Å². The van der Waals surface area contributed by atoms with E-state index in [-0.39, 0.29) is 12.2 Å². The second-order valence-electron chi connectivity index (χ2n) is 11.2. The first kappa shape index (κ1) is 34.3. The van der Waals surface area contributed by atoms with Crippen LogP contribution in [0, 0.1) is 0 Å². The molecule has 0 radical (unpaired) electrons. The van der Waals surface area contributed by atoms with E-state index in [1.54, 1.807) is 42.7 Å². The Balaban J connectivity index is 1.90. The van der Waals surface area contributed by atoms with Crippen LogP contribution in [0.5, 0.6) is 0 Å². The third kappa shape index (κ3) is 8.76. The maximum Gasteiger partial charge on any atom is 0.228 e. The van der Waals surface area contributed by atoms with E-state index in [4.69, 9.17) is 48.4 Å². The van der Waals surface area contributed by atoms with Crippen LogP contribution in [0.25, 0.3) is 11.0 Å². The Morgan fingerprint density at radius 1 is 0.523 bits per heavy atom. The van der Waals surface area contributed by atoms with Crippen molar-refractivity contribution in [1.82, 2.24) is 19.9 Å². The Morgan fingerprint density at radius 2 is 0.841 bits per heavy atom. The highest BCUT2D eigenvalue weighted by Gasteiger charge is 2.29. The number of piperidine rings is 2. The highest BCUT2D eigenvalue weighted by Crippen LogP contribution is 2.35. The van der Waals surface area contributed by atoms with Gasteiger partial charge in [0.25, 0.3) is 0 Å². The van der Waals surface area contributed by atoms with Crippen molar-refractivity contribution in [3.63, 3.8) is 0 Å². The molecule has 14 heteroatoms. The zero-order chi connectivity index (χ0) is 31.3. The predicted octanol–water partition coefficient (Wildman–Crippen LogP) is 1.85. The van der Waals surface area contributed by atoms with Crippen LogP contribution < -0.4 is 19.6 Å². The molecule has 0 aromatic carbocycles. The summed E-state index contributed by atoms with van der Waals surface area (Å²) in [5, 5.41) is 0. The monoisotopic (exact) mass is 620 g/mol. The van der Waals surface area contributed by atoms with E-state index in [0.717, 1.165) is 74.5 Å². The van der Waals surface area contributed by atoms with E-state index in [2.05, 4.69) is 19.6 Å². The molecule has 2 aliphatic heterocycles. The Kier molecular flexibility index (Phi) is 13.8. The fourth-order valence-electron chi connectivity index (χ4n) is 5.72. The number of hydrogen-bond donors (Lipinski definition) is 0. The van der Waals surface area contributed by atoms with Gasteiger partial charge in [0, 0.05) is 95.0 Å². The van der Waals surface area contributed by atoms with Crippen LogP contribution in [-0.4, -0.2) is 154 Å². The first-order valence-electron chi connectivity index (χ1n) is 15.7. The van der Waals surface area contributed by atoms with Gasteiger partial charge in [0.1, 0.15) is 11.0 Å². The van der Waals surface area contributed by atoms with Gasteiger partial charge in [-0.2, -0.15) is 9.97 Å². The molecule has 44 heavy (non-hydrogen) atoms. The minimum absolute atomic E-state index is 0.236. The van der Waals surface area contributed by atoms with Gasteiger partial charge in [0.05, 0.1) is 38.6 Å². The topological polar surface area (TPSA) is 120 Å². The summed E-state index contributed by atoms with van der Waals surface area (Å²) in [5.41, 5.74) is 1.49. The van der Waals surface area contributed by atoms with Crippen LogP contribution in [0.1, 0.15) is 25.7 Å². The first-order chi connectivity index (χ1) is 21.6. The number of nitrogens with zero attached hydrogens (tertiary/aromatic N) is 8. The normalized spacial score (nSPS) is 16.7. The molecule has 4 rings (SSSR count). The molecule has 0 spiro atoms. The minimum atomic E-state index is 0.236. The van der Waals surface area contributed by atoms with Crippen molar-refractivity contribution in [1.29, 1.82) is 0 Å². The van der Waals surface area contributed by atoms with Gasteiger partial charge in [-0.25, -0.2) is 9.97 Å². The second-order valence-corrected chi connectivity index (χ2v) is 11.2. The van der Waals surface area contributed by atoms with Crippen molar-refractivity contribution in [2.45, 2.75) is 37.9 Å². The number of methoxy groups -OCH3 is 6. The van der Waals surface area contributed by atoms with Crippen molar-refractivity contribution >= 4 is 34.6 Å². The van der Waals surface area contributed by atoms with Crippen LogP contribution in [0.3, 0.4) is 0 Å². The Hall–Kier alpha value is -2.62. The van der Waals surface area contributed by atoms with Crippen LogP contribution in [0.2, 0.25) is 0 Å². The van der Waals surface area contributed by atoms with Gasteiger partial charge in [-0.1, -0.05) is 0 Å². The SMILES string of the molecule is COCCN(CCOC)c1nc(N2CCC(OC)CC2)c2nc(N(CCOC)CCOC)nc(N3CCC(OC)CC3)c2n1. The van der Waals surface area contributed by atoms with E-state index in [0.29, 0.717) is 64.5 Å². The lowest BCUT2D eigenvalue weighted by atomic mass is 10.1. The summed E-state index contributed by atoms with van der Waals surface area (Å²) in [7, 11) is 10.4. The molecule has 2 saturated heterocycles. The van der Waals surface area contributed by atoms with Crippen LogP contribution >= 0.6 is 0 Å². The third-order valence-electron chi connectivity index (χ3n) is 8.46. The lowest BCUT2D eigenvalue weighted by molar-refractivity contribution is 0.0817. The molecule has 2 fully saturated rings. The summed E-state index contributed by atoms with van der Waals surface area (Å²) in [4.78, 5) is 29.7. The lowest BCUT2D eigenvalue weighted by Gasteiger charge is -2.35. The number of anilines is 4. The number of ether oxygens (including phenoxy) is 6. The smallest absolute Gasteiger partial charge is 0.228 e. The van der Waals surface area contributed by atoms with E-state index in [1.807, 2.05) is 0 Å². The zero-order valence-electron chi connectivity index (χ0n) is 27.5. The van der Waals surface area contributed by atoms with Crippen molar-refractivity contribution in [2.24, 2.45) is 0 Å². The number of hydrogen-bond acceptors (Lipinski definition) is 14. The molecule has 248 valence electrons. The molecule has 0 bridgehead atoms. The van der Waals surface area contributed by atoms with Crippen LogP contribution in [0.15, 0.2) is 0 Å². The molecule has 0 aliphatic carbocycles. The Bertz CT molecular complexity index is 1030. The summed E-state index contributed by atoms with van der Waals surface area (Å²) in [5.74, 6) is 2.87. The van der Waals surface area contributed by atoms with Crippen LogP contribution in [0.4, 0.5) is 23.5 Å². The molecule has 14 nitrogen and oxygen atoms in total. The van der Waals surface area contributed by atoms with E-state index in [1.165, 1.54) is 0 Å².